The van der Waals surface area contributed by atoms with Crippen molar-refractivity contribution in [1.82, 2.24) is 9.55 Å². The Morgan fingerprint density at radius 2 is 2.12 bits per heavy atom. The van der Waals surface area contributed by atoms with Gasteiger partial charge in [-0.25, -0.2) is 9.78 Å². The number of carbonyl (C=O) groups is 1. The van der Waals surface area contributed by atoms with E-state index in [1.807, 2.05) is 53.1 Å². The highest BCUT2D eigenvalue weighted by Gasteiger charge is 2.22. The molecule has 2 aromatic carbocycles. The van der Waals surface area contributed by atoms with Crippen molar-refractivity contribution >= 4 is 11.7 Å². The lowest BCUT2D eigenvalue weighted by Crippen LogP contribution is -2.18. The molecule has 0 amide bonds. The van der Waals surface area contributed by atoms with E-state index in [1.165, 1.54) is 0 Å². The van der Waals surface area contributed by atoms with Crippen LogP contribution in [0.15, 0.2) is 54.9 Å². The average Bonchev–Trinajstić information content (AvgIpc) is 3.14. The molecule has 132 valence electrons. The number of fused-ring (bicyclic) bond motifs is 1. The number of anilines is 1. The fraction of sp³-hybridized carbons (Fsp3) is 0.200. The Bertz CT molecular complexity index is 935. The molecule has 0 unspecified atom stereocenters. The van der Waals surface area contributed by atoms with Gasteiger partial charge in [0.05, 0.1) is 18.0 Å². The Morgan fingerprint density at radius 1 is 1.27 bits per heavy atom. The third-order valence-electron chi connectivity index (χ3n) is 4.20. The summed E-state index contributed by atoms with van der Waals surface area (Å²) >= 11 is 0. The maximum absolute atomic E-state index is 12.4. The first-order valence-electron chi connectivity index (χ1n) is 8.59. The molecule has 1 N–H and O–H groups in total. The first-order chi connectivity index (χ1) is 12.8. The summed E-state index contributed by atoms with van der Waals surface area (Å²) in [5.41, 5.74) is 3.73. The fourth-order valence-corrected chi connectivity index (χ4v) is 3.04. The maximum Gasteiger partial charge on any atom is 0.359 e. The fourth-order valence-electron chi connectivity index (χ4n) is 3.04. The van der Waals surface area contributed by atoms with Gasteiger partial charge in [0.1, 0.15) is 18.7 Å². The molecule has 0 radical (unpaired) electrons. The van der Waals surface area contributed by atoms with Gasteiger partial charge in [-0.05, 0) is 25.1 Å². The third-order valence-corrected chi connectivity index (χ3v) is 4.20. The van der Waals surface area contributed by atoms with Gasteiger partial charge in [0.25, 0.3) is 0 Å². The number of benzene rings is 2. The van der Waals surface area contributed by atoms with E-state index in [-0.39, 0.29) is 0 Å². The topological polar surface area (TPSA) is 65.4 Å². The molecule has 1 aliphatic rings. The van der Waals surface area contributed by atoms with Crippen LogP contribution in [0, 0.1) is 0 Å². The van der Waals surface area contributed by atoms with Crippen LogP contribution in [-0.2, 0) is 4.74 Å². The number of hydrogen-bond acceptors (Lipinski definition) is 5. The first kappa shape index (κ1) is 16.2. The van der Waals surface area contributed by atoms with Crippen molar-refractivity contribution in [3.63, 3.8) is 0 Å². The SMILES string of the molecule is CCOC(=O)c1ncn(-c2ccc3c(c2)NCCO3)c1-c1ccccc1. The number of ether oxygens (including phenoxy) is 2. The van der Waals surface area contributed by atoms with E-state index < -0.39 is 5.97 Å². The van der Waals surface area contributed by atoms with E-state index in [0.29, 0.717) is 24.6 Å². The molecule has 3 aromatic rings. The molecule has 26 heavy (non-hydrogen) atoms. The molecule has 4 rings (SSSR count). The number of imidazole rings is 1. The molecule has 1 aromatic heterocycles. The van der Waals surface area contributed by atoms with Crippen LogP contribution in [0.4, 0.5) is 5.69 Å². The Labute approximate surface area is 151 Å². The van der Waals surface area contributed by atoms with Gasteiger partial charge in [-0.3, -0.25) is 4.57 Å². The molecule has 0 saturated heterocycles. The molecule has 6 nitrogen and oxygen atoms in total. The van der Waals surface area contributed by atoms with E-state index in [2.05, 4.69) is 10.3 Å². The van der Waals surface area contributed by atoms with E-state index in [9.17, 15) is 4.79 Å². The van der Waals surface area contributed by atoms with Gasteiger partial charge in [0.2, 0.25) is 0 Å². The highest BCUT2D eigenvalue weighted by atomic mass is 16.5. The summed E-state index contributed by atoms with van der Waals surface area (Å²) in [4.78, 5) is 16.7. The molecular weight excluding hydrogens is 330 g/mol. The summed E-state index contributed by atoms with van der Waals surface area (Å²) in [6.45, 7) is 3.51. The molecule has 2 heterocycles. The highest BCUT2D eigenvalue weighted by molar-refractivity contribution is 5.95. The summed E-state index contributed by atoms with van der Waals surface area (Å²) in [6, 6.07) is 15.6. The number of esters is 1. The molecule has 0 aliphatic carbocycles. The number of carbonyl (C=O) groups excluding carboxylic acids is 1. The number of nitrogens with zero attached hydrogens (tertiary/aromatic N) is 2. The van der Waals surface area contributed by atoms with Crippen molar-refractivity contribution in [3.8, 4) is 22.7 Å². The van der Waals surface area contributed by atoms with Gasteiger partial charge >= 0.3 is 5.97 Å². The standard InChI is InChI=1S/C20H19N3O3/c1-2-25-20(24)18-19(14-6-4-3-5-7-14)23(13-22-18)15-8-9-17-16(12-15)21-10-11-26-17/h3-9,12-13,21H,2,10-11H2,1H3. The molecular formula is C20H19N3O3. The summed E-state index contributed by atoms with van der Waals surface area (Å²) in [6.07, 6.45) is 1.65. The molecule has 0 bridgehead atoms. The summed E-state index contributed by atoms with van der Waals surface area (Å²) < 4.78 is 12.7. The summed E-state index contributed by atoms with van der Waals surface area (Å²) in [5, 5.41) is 3.33. The van der Waals surface area contributed by atoms with E-state index >= 15 is 0 Å². The molecule has 1 aliphatic heterocycles. The zero-order valence-corrected chi connectivity index (χ0v) is 14.4. The zero-order chi connectivity index (χ0) is 17.9. The van der Waals surface area contributed by atoms with E-state index in [1.54, 1.807) is 13.3 Å². The maximum atomic E-state index is 12.4. The van der Waals surface area contributed by atoms with Crippen LogP contribution < -0.4 is 10.1 Å². The van der Waals surface area contributed by atoms with Gasteiger partial charge < -0.3 is 14.8 Å². The lowest BCUT2D eigenvalue weighted by molar-refractivity contribution is 0.0521. The summed E-state index contributed by atoms with van der Waals surface area (Å²) in [7, 11) is 0. The molecule has 0 spiro atoms. The quantitative estimate of drug-likeness (QED) is 0.730. The first-order valence-corrected chi connectivity index (χ1v) is 8.59. The Balaban J connectivity index is 1.85. The van der Waals surface area contributed by atoms with Gasteiger partial charge in [0.15, 0.2) is 5.69 Å². The largest absolute Gasteiger partial charge is 0.490 e. The second kappa shape index (κ2) is 6.92. The third kappa shape index (κ3) is 2.90. The molecule has 0 fully saturated rings. The Hall–Kier alpha value is -3.28. The highest BCUT2D eigenvalue weighted by Crippen LogP contribution is 2.32. The minimum absolute atomic E-state index is 0.306. The van der Waals surface area contributed by atoms with Crippen molar-refractivity contribution < 1.29 is 14.3 Å². The van der Waals surface area contributed by atoms with Crippen LogP contribution in [0.3, 0.4) is 0 Å². The van der Waals surface area contributed by atoms with Crippen molar-refractivity contribution in [2.45, 2.75) is 6.92 Å². The smallest absolute Gasteiger partial charge is 0.359 e. The van der Waals surface area contributed by atoms with Crippen molar-refractivity contribution in [2.24, 2.45) is 0 Å². The van der Waals surface area contributed by atoms with Crippen LogP contribution in [0.2, 0.25) is 0 Å². The van der Waals surface area contributed by atoms with Crippen LogP contribution in [-0.4, -0.2) is 35.3 Å². The lowest BCUT2D eigenvalue weighted by Gasteiger charge is -2.20. The van der Waals surface area contributed by atoms with E-state index in [0.717, 1.165) is 29.2 Å². The normalized spacial score (nSPS) is 12.7. The van der Waals surface area contributed by atoms with Crippen LogP contribution in [0.1, 0.15) is 17.4 Å². The number of hydrogen-bond donors (Lipinski definition) is 1. The number of rotatable bonds is 4. The monoisotopic (exact) mass is 349 g/mol. The summed E-state index contributed by atoms with van der Waals surface area (Å²) in [5.74, 6) is 0.400. The Morgan fingerprint density at radius 3 is 2.92 bits per heavy atom. The zero-order valence-electron chi connectivity index (χ0n) is 14.4. The predicted octanol–water partition coefficient (Wildman–Crippen LogP) is 3.52. The van der Waals surface area contributed by atoms with Crippen LogP contribution in [0.5, 0.6) is 5.75 Å². The Kier molecular flexibility index (Phi) is 4.31. The predicted molar refractivity (Wildman–Crippen MR) is 98.9 cm³/mol. The minimum atomic E-state index is -0.426. The van der Waals surface area contributed by atoms with E-state index in [4.69, 9.17) is 9.47 Å². The minimum Gasteiger partial charge on any atom is -0.490 e. The molecule has 0 saturated carbocycles. The van der Waals surface area contributed by atoms with Crippen LogP contribution in [0.25, 0.3) is 16.9 Å². The lowest BCUT2D eigenvalue weighted by atomic mass is 10.1. The van der Waals surface area contributed by atoms with Crippen molar-refractivity contribution in [2.75, 3.05) is 25.1 Å². The van der Waals surface area contributed by atoms with Gasteiger partial charge in [-0.15, -0.1) is 0 Å². The molecule has 6 heteroatoms. The second-order valence-electron chi connectivity index (χ2n) is 5.85. The second-order valence-corrected chi connectivity index (χ2v) is 5.85. The van der Waals surface area contributed by atoms with Crippen molar-refractivity contribution in [1.29, 1.82) is 0 Å². The molecule has 0 atom stereocenters. The average molecular weight is 349 g/mol. The van der Waals surface area contributed by atoms with Gasteiger partial charge in [0, 0.05) is 17.8 Å². The van der Waals surface area contributed by atoms with Crippen molar-refractivity contribution in [3.05, 3.63) is 60.6 Å². The number of aromatic nitrogens is 2. The van der Waals surface area contributed by atoms with Gasteiger partial charge in [-0.1, -0.05) is 30.3 Å². The van der Waals surface area contributed by atoms with Crippen LogP contribution >= 0.6 is 0 Å². The van der Waals surface area contributed by atoms with Gasteiger partial charge in [-0.2, -0.15) is 0 Å². The number of nitrogens with one attached hydrogen (secondary N) is 1.